The molecule has 0 bridgehead atoms. The maximum Gasteiger partial charge on any atom is 0.278 e. The molecule has 0 atom stereocenters. The van der Waals surface area contributed by atoms with Gasteiger partial charge in [-0.05, 0) is 12.1 Å². The highest BCUT2D eigenvalue weighted by molar-refractivity contribution is 6.30. The molecule has 7 nitrogen and oxygen atoms in total. The van der Waals surface area contributed by atoms with E-state index in [-0.39, 0.29) is 5.69 Å². The molecule has 94 valence electrons. The van der Waals surface area contributed by atoms with Gasteiger partial charge in [0, 0.05) is 17.8 Å². The van der Waals surface area contributed by atoms with Crippen molar-refractivity contribution in [1.82, 2.24) is 20.0 Å². The van der Waals surface area contributed by atoms with Crippen LogP contribution in [0.15, 0.2) is 24.5 Å². The maximum absolute atomic E-state index is 11.8. The molecule has 0 aliphatic rings. The van der Waals surface area contributed by atoms with Crippen LogP contribution in [0.25, 0.3) is 0 Å². The van der Waals surface area contributed by atoms with Crippen LogP contribution in [0.1, 0.15) is 10.5 Å². The fourth-order valence-electron chi connectivity index (χ4n) is 1.30. The van der Waals surface area contributed by atoms with E-state index in [1.54, 1.807) is 12.1 Å². The summed E-state index contributed by atoms with van der Waals surface area (Å²) < 4.78 is 1.50. The van der Waals surface area contributed by atoms with E-state index in [2.05, 4.69) is 20.6 Å². The number of nitrogens with zero attached hydrogens (tertiary/aromatic N) is 4. The molecule has 0 saturated carbocycles. The average Bonchev–Trinajstić information content (AvgIpc) is 2.78. The van der Waals surface area contributed by atoms with Gasteiger partial charge in [-0.2, -0.15) is 0 Å². The van der Waals surface area contributed by atoms with Gasteiger partial charge in [-0.1, -0.05) is 16.8 Å². The second-order valence-corrected chi connectivity index (χ2v) is 3.91. The normalized spacial score (nSPS) is 10.3. The number of halogens is 1. The number of carbonyl (C=O) groups excluding carboxylic acids is 1. The van der Waals surface area contributed by atoms with Crippen molar-refractivity contribution in [1.29, 1.82) is 0 Å². The Morgan fingerprint density at radius 3 is 3.11 bits per heavy atom. The Morgan fingerprint density at radius 1 is 1.56 bits per heavy atom. The molecule has 2 heterocycles. The second kappa shape index (κ2) is 5.56. The lowest BCUT2D eigenvalue weighted by Gasteiger charge is -2.01. The van der Waals surface area contributed by atoms with Crippen LogP contribution in [0.4, 0.5) is 5.82 Å². The largest absolute Gasteiger partial charge is 0.329 e. The molecule has 0 fully saturated rings. The summed E-state index contributed by atoms with van der Waals surface area (Å²) in [5.41, 5.74) is 5.57. The lowest BCUT2D eigenvalue weighted by atomic mass is 10.4. The van der Waals surface area contributed by atoms with E-state index >= 15 is 0 Å². The molecule has 1 amide bonds. The minimum absolute atomic E-state index is 0.199. The summed E-state index contributed by atoms with van der Waals surface area (Å²) in [4.78, 5) is 15.8. The standard InChI is InChI=1S/C10H11ClN6O/c11-7-1-3-13-9(5-7)14-10(18)8-6-17(4-2-12)16-15-8/h1,3,5-6H,2,4,12H2,(H,13,14,18). The Morgan fingerprint density at radius 2 is 2.39 bits per heavy atom. The van der Waals surface area contributed by atoms with Gasteiger partial charge in [-0.15, -0.1) is 5.10 Å². The number of nitrogens with two attached hydrogens (primary N) is 1. The smallest absolute Gasteiger partial charge is 0.278 e. The van der Waals surface area contributed by atoms with Crippen LogP contribution in [0, 0.1) is 0 Å². The van der Waals surface area contributed by atoms with Crippen molar-refractivity contribution in [2.24, 2.45) is 5.73 Å². The van der Waals surface area contributed by atoms with E-state index in [1.807, 2.05) is 0 Å². The quantitative estimate of drug-likeness (QED) is 0.841. The molecule has 0 aliphatic carbocycles. The number of carbonyl (C=O) groups is 1. The zero-order chi connectivity index (χ0) is 13.0. The first-order chi connectivity index (χ1) is 8.69. The predicted molar refractivity (Wildman–Crippen MR) is 66.3 cm³/mol. The third-order valence-corrected chi connectivity index (χ3v) is 2.33. The number of hydrogen-bond donors (Lipinski definition) is 2. The molecule has 3 N–H and O–H groups in total. The summed E-state index contributed by atoms with van der Waals surface area (Å²) in [7, 11) is 0. The van der Waals surface area contributed by atoms with Crippen molar-refractivity contribution in [2.45, 2.75) is 6.54 Å². The van der Waals surface area contributed by atoms with Crippen molar-refractivity contribution >= 4 is 23.3 Å². The van der Waals surface area contributed by atoms with Crippen LogP contribution in [0.3, 0.4) is 0 Å². The number of rotatable bonds is 4. The number of nitrogens with one attached hydrogen (secondary N) is 1. The minimum atomic E-state index is -0.395. The van der Waals surface area contributed by atoms with Crippen LogP contribution in [0.2, 0.25) is 5.02 Å². The van der Waals surface area contributed by atoms with Crippen molar-refractivity contribution in [3.8, 4) is 0 Å². The molecular formula is C10H11ClN6O. The zero-order valence-corrected chi connectivity index (χ0v) is 10.1. The van der Waals surface area contributed by atoms with Crippen molar-refractivity contribution in [3.63, 3.8) is 0 Å². The van der Waals surface area contributed by atoms with Gasteiger partial charge in [-0.3, -0.25) is 9.48 Å². The highest BCUT2D eigenvalue weighted by Gasteiger charge is 2.11. The molecule has 0 aliphatic heterocycles. The number of anilines is 1. The summed E-state index contributed by atoms with van der Waals surface area (Å²) in [6, 6.07) is 3.17. The first-order valence-electron chi connectivity index (χ1n) is 5.22. The zero-order valence-electron chi connectivity index (χ0n) is 9.38. The molecular weight excluding hydrogens is 256 g/mol. The lowest BCUT2D eigenvalue weighted by molar-refractivity contribution is 0.102. The number of amides is 1. The van der Waals surface area contributed by atoms with Gasteiger partial charge < -0.3 is 11.1 Å². The summed E-state index contributed by atoms with van der Waals surface area (Å²) >= 11 is 5.78. The van der Waals surface area contributed by atoms with Gasteiger partial charge in [-0.25, -0.2) is 4.98 Å². The van der Waals surface area contributed by atoms with Gasteiger partial charge in [0.05, 0.1) is 12.7 Å². The van der Waals surface area contributed by atoms with E-state index < -0.39 is 5.91 Å². The fraction of sp³-hybridized carbons (Fsp3) is 0.200. The van der Waals surface area contributed by atoms with Gasteiger partial charge in [0.15, 0.2) is 5.69 Å². The highest BCUT2D eigenvalue weighted by atomic mass is 35.5. The van der Waals surface area contributed by atoms with Crippen molar-refractivity contribution in [3.05, 3.63) is 35.2 Å². The summed E-state index contributed by atoms with van der Waals surface area (Å²) in [6.07, 6.45) is 3.02. The van der Waals surface area contributed by atoms with Crippen LogP contribution < -0.4 is 11.1 Å². The second-order valence-electron chi connectivity index (χ2n) is 3.47. The van der Waals surface area contributed by atoms with E-state index in [0.29, 0.717) is 23.9 Å². The number of pyridine rings is 1. The van der Waals surface area contributed by atoms with Gasteiger partial charge in [0.2, 0.25) is 0 Å². The van der Waals surface area contributed by atoms with Crippen molar-refractivity contribution in [2.75, 3.05) is 11.9 Å². The molecule has 0 spiro atoms. The first-order valence-corrected chi connectivity index (χ1v) is 5.60. The summed E-state index contributed by atoms with van der Waals surface area (Å²) in [5, 5.41) is 10.6. The van der Waals surface area contributed by atoms with Crippen LogP contribution in [0.5, 0.6) is 0 Å². The van der Waals surface area contributed by atoms with Gasteiger partial charge in [0.25, 0.3) is 5.91 Å². The molecule has 8 heteroatoms. The molecule has 0 unspecified atom stereocenters. The Labute approximate surface area is 108 Å². The Bertz CT molecular complexity index is 555. The summed E-state index contributed by atoms with van der Waals surface area (Å²) in [6.45, 7) is 0.940. The highest BCUT2D eigenvalue weighted by Crippen LogP contribution is 2.12. The predicted octanol–water partition coefficient (Wildman–Crippen LogP) is 0.537. The van der Waals surface area contributed by atoms with Gasteiger partial charge >= 0.3 is 0 Å². The Balaban J connectivity index is 2.07. The van der Waals surface area contributed by atoms with Crippen molar-refractivity contribution < 1.29 is 4.79 Å². The molecule has 0 aromatic carbocycles. The van der Waals surface area contributed by atoms with E-state index in [4.69, 9.17) is 17.3 Å². The Kier molecular flexibility index (Phi) is 3.85. The minimum Gasteiger partial charge on any atom is -0.329 e. The van der Waals surface area contributed by atoms with Crippen LogP contribution in [-0.4, -0.2) is 32.4 Å². The Hall–Kier alpha value is -1.99. The van der Waals surface area contributed by atoms with Crippen LogP contribution >= 0.6 is 11.6 Å². The molecule has 2 rings (SSSR count). The fourth-order valence-corrected chi connectivity index (χ4v) is 1.46. The van der Waals surface area contributed by atoms with E-state index in [1.165, 1.54) is 17.1 Å². The van der Waals surface area contributed by atoms with Gasteiger partial charge in [0.1, 0.15) is 5.82 Å². The first kappa shape index (κ1) is 12.5. The molecule has 18 heavy (non-hydrogen) atoms. The average molecular weight is 267 g/mol. The topological polar surface area (TPSA) is 98.7 Å². The number of hydrogen-bond acceptors (Lipinski definition) is 5. The third-order valence-electron chi connectivity index (χ3n) is 2.09. The maximum atomic E-state index is 11.8. The van der Waals surface area contributed by atoms with E-state index in [9.17, 15) is 4.79 Å². The molecule has 2 aromatic rings. The van der Waals surface area contributed by atoms with Crippen LogP contribution in [-0.2, 0) is 6.54 Å². The molecule has 2 aromatic heterocycles. The number of aromatic nitrogens is 4. The SMILES string of the molecule is NCCn1cc(C(=O)Nc2cc(Cl)ccn2)nn1. The van der Waals surface area contributed by atoms with E-state index in [0.717, 1.165) is 0 Å². The lowest BCUT2D eigenvalue weighted by Crippen LogP contribution is -2.13. The summed E-state index contributed by atoms with van der Waals surface area (Å²) in [5.74, 6) is -0.0334. The third kappa shape index (κ3) is 3.02. The molecule has 0 saturated heterocycles. The monoisotopic (exact) mass is 266 g/mol. The molecule has 0 radical (unpaired) electrons.